The lowest BCUT2D eigenvalue weighted by molar-refractivity contribution is -0.137. The van der Waals surface area contributed by atoms with Gasteiger partial charge >= 0.3 is 6.18 Å². The maximum atomic E-state index is 12.6. The molecule has 1 aromatic carbocycles. The first-order chi connectivity index (χ1) is 11.8. The highest BCUT2D eigenvalue weighted by molar-refractivity contribution is 5.60. The highest BCUT2D eigenvalue weighted by atomic mass is 19.4. The molecule has 0 bridgehead atoms. The Morgan fingerprint density at radius 2 is 1.88 bits per heavy atom. The highest BCUT2D eigenvalue weighted by Crippen LogP contribution is 2.31. The molecule has 0 aliphatic carbocycles. The standard InChI is InChI=1S/C18H20F3N3O/c1-12-10-16(13-5-7-14(8-6-13)18(19,20)21)22-23-17(12)25-15-4-3-9-24(2)11-15/h5-8,10,15H,3-4,9,11H2,1-2H3/t15-/m1/s1. The van der Waals surface area contributed by atoms with Crippen LogP contribution in [-0.4, -0.2) is 41.3 Å². The van der Waals surface area contributed by atoms with E-state index in [1.54, 1.807) is 6.07 Å². The number of hydrogen-bond acceptors (Lipinski definition) is 4. The second-order valence-corrected chi connectivity index (χ2v) is 6.44. The summed E-state index contributed by atoms with van der Waals surface area (Å²) in [4.78, 5) is 2.22. The molecule has 134 valence electrons. The summed E-state index contributed by atoms with van der Waals surface area (Å²) in [7, 11) is 2.06. The molecule has 0 amide bonds. The van der Waals surface area contributed by atoms with Crippen LogP contribution in [0.1, 0.15) is 24.0 Å². The third kappa shape index (κ3) is 4.28. The number of aromatic nitrogens is 2. The van der Waals surface area contributed by atoms with Crippen LogP contribution in [0.4, 0.5) is 13.2 Å². The van der Waals surface area contributed by atoms with Gasteiger partial charge in [0.2, 0.25) is 5.88 Å². The van der Waals surface area contributed by atoms with Crippen molar-refractivity contribution in [3.63, 3.8) is 0 Å². The van der Waals surface area contributed by atoms with Crippen molar-refractivity contribution in [2.45, 2.75) is 32.0 Å². The van der Waals surface area contributed by atoms with E-state index in [0.29, 0.717) is 17.1 Å². The fourth-order valence-electron chi connectivity index (χ4n) is 2.93. The molecular weight excluding hydrogens is 331 g/mol. The van der Waals surface area contributed by atoms with Crippen molar-refractivity contribution < 1.29 is 17.9 Å². The number of nitrogens with zero attached hydrogens (tertiary/aromatic N) is 3. The van der Waals surface area contributed by atoms with Gasteiger partial charge in [0.15, 0.2) is 0 Å². The van der Waals surface area contributed by atoms with Crippen LogP contribution in [0.5, 0.6) is 5.88 Å². The van der Waals surface area contributed by atoms with E-state index in [0.717, 1.165) is 43.6 Å². The third-order valence-electron chi connectivity index (χ3n) is 4.31. The van der Waals surface area contributed by atoms with E-state index in [2.05, 4.69) is 22.1 Å². The fourth-order valence-corrected chi connectivity index (χ4v) is 2.93. The summed E-state index contributed by atoms with van der Waals surface area (Å²) < 4.78 is 43.9. The summed E-state index contributed by atoms with van der Waals surface area (Å²) in [5, 5.41) is 8.25. The zero-order valence-corrected chi connectivity index (χ0v) is 14.2. The van der Waals surface area contributed by atoms with Crippen molar-refractivity contribution in [2.24, 2.45) is 0 Å². The fraction of sp³-hybridized carbons (Fsp3) is 0.444. The van der Waals surface area contributed by atoms with E-state index in [1.807, 2.05) is 6.92 Å². The Bertz CT molecular complexity index is 731. The Balaban J connectivity index is 1.75. The Kier molecular flexibility index (Phi) is 4.94. The minimum atomic E-state index is -4.34. The number of piperidine rings is 1. The van der Waals surface area contributed by atoms with Crippen LogP contribution in [0.2, 0.25) is 0 Å². The number of benzene rings is 1. The van der Waals surface area contributed by atoms with Crippen molar-refractivity contribution in [1.29, 1.82) is 0 Å². The Labute approximate surface area is 144 Å². The Hall–Kier alpha value is -2.15. The number of alkyl halides is 3. The summed E-state index contributed by atoms with van der Waals surface area (Å²) in [6.07, 6.45) is -2.20. The van der Waals surface area contributed by atoms with Gasteiger partial charge in [0.05, 0.1) is 11.3 Å². The minimum absolute atomic E-state index is 0.0867. The number of aryl methyl sites for hydroxylation is 1. The summed E-state index contributed by atoms with van der Waals surface area (Å²) >= 11 is 0. The molecule has 2 heterocycles. The average molecular weight is 351 g/mol. The van der Waals surface area contributed by atoms with Crippen LogP contribution < -0.4 is 4.74 Å². The molecule has 0 N–H and O–H groups in total. The summed E-state index contributed by atoms with van der Waals surface area (Å²) in [5.74, 6) is 0.482. The van der Waals surface area contributed by atoms with Crippen molar-refractivity contribution in [2.75, 3.05) is 20.1 Å². The van der Waals surface area contributed by atoms with Crippen LogP contribution in [-0.2, 0) is 6.18 Å². The number of likely N-dealkylation sites (tertiary alicyclic amines) is 1. The van der Waals surface area contributed by atoms with Crippen LogP contribution in [0, 0.1) is 6.92 Å². The van der Waals surface area contributed by atoms with Gasteiger partial charge in [-0.3, -0.25) is 0 Å². The Morgan fingerprint density at radius 1 is 1.16 bits per heavy atom. The molecule has 25 heavy (non-hydrogen) atoms. The van der Waals surface area contributed by atoms with Gasteiger partial charge in [0, 0.05) is 17.7 Å². The first kappa shape index (κ1) is 17.7. The topological polar surface area (TPSA) is 38.3 Å². The lowest BCUT2D eigenvalue weighted by Gasteiger charge is -2.29. The van der Waals surface area contributed by atoms with Crippen LogP contribution in [0.3, 0.4) is 0 Å². The van der Waals surface area contributed by atoms with E-state index in [4.69, 9.17) is 4.74 Å². The van der Waals surface area contributed by atoms with Gasteiger partial charge in [0.1, 0.15) is 6.10 Å². The second kappa shape index (κ2) is 7.00. The normalized spacial score (nSPS) is 19.0. The van der Waals surface area contributed by atoms with Crippen molar-refractivity contribution in [3.8, 4) is 17.1 Å². The molecule has 1 aromatic heterocycles. The molecular formula is C18H20F3N3O. The predicted octanol–water partition coefficient (Wildman–Crippen LogP) is 3.94. The second-order valence-electron chi connectivity index (χ2n) is 6.44. The van der Waals surface area contributed by atoms with Gasteiger partial charge in [0.25, 0.3) is 0 Å². The lowest BCUT2D eigenvalue weighted by Crippen LogP contribution is -2.38. The summed E-state index contributed by atoms with van der Waals surface area (Å²) in [5.41, 5.74) is 1.26. The van der Waals surface area contributed by atoms with Crippen LogP contribution >= 0.6 is 0 Å². The number of halogens is 3. The first-order valence-corrected chi connectivity index (χ1v) is 8.20. The quantitative estimate of drug-likeness (QED) is 0.839. The van der Waals surface area contributed by atoms with E-state index >= 15 is 0 Å². The zero-order chi connectivity index (χ0) is 18.0. The lowest BCUT2D eigenvalue weighted by atomic mass is 10.1. The molecule has 1 aliphatic rings. The number of ether oxygens (including phenoxy) is 1. The molecule has 7 heteroatoms. The molecule has 3 rings (SSSR count). The van der Waals surface area contributed by atoms with Crippen molar-refractivity contribution in [1.82, 2.24) is 15.1 Å². The van der Waals surface area contributed by atoms with Gasteiger partial charge in [-0.05, 0) is 51.6 Å². The number of hydrogen-bond donors (Lipinski definition) is 0. The maximum absolute atomic E-state index is 12.6. The molecule has 0 radical (unpaired) electrons. The zero-order valence-electron chi connectivity index (χ0n) is 14.2. The molecule has 1 saturated heterocycles. The first-order valence-electron chi connectivity index (χ1n) is 8.20. The largest absolute Gasteiger partial charge is 0.472 e. The molecule has 1 atom stereocenters. The van der Waals surface area contributed by atoms with Gasteiger partial charge in [-0.15, -0.1) is 10.2 Å². The summed E-state index contributed by atoms with van der Waals surface area (Å²) in [6, 6.07) is 6.70. The van der Waals surface area contributed by atoms with Crippen molar-refractivity contribution in [3.05, 3.63) is 41.5 Å². The maximum Gasteiger partial charge on any atom is 0.416 e. The number of rotatable bonds is 3. The molecule has 2 aromatic rings. The predicted molar refractivity (Wildman–Crippen MR) is 88.4 cm³/mol. The van der Waals surface area contributed by atoms with Gasteiger partial charge < -0.3 is 9.64 Å². The molecule has 1 fully saturated rings. The molecule has 1 aliphatic heterocycles. The van der Waals surface area contributed by atoms with Crippen LogP contribution in [0.15, 0.2) is 30.3 Å². The van der Waals surface area contributed by atoms with Gasteiger partial charge in [-0.2, -0.15) is 13.2 Å². The van der Waals surface area contributed by atoms with Gasteiger partial charge in [-0.25, -0.2) is 0 Å². The smallest absolute Gasteiger partial charge is 0.416 e. The highest BCUT2D eigenvalue weighted by Gasteiger charge is 2.30. The van der Waals surface area contributed by atoms with Crippen LogP contribution in [0.25, 0.3) is 11.3 Å². The SMILES string of the molecule is Cc1cc(-c2ccc(C(F)(F)F)cc2)nnc1O[C@@H]1CCCN(C)C1. The minimum Gasteiger partial charge on any atom is -0.472 e. The van der Waals surface area contributed by atoms with E-state index < -0.39 is 11.7 Å². The average Bonchev–Trinajstić information content (AvgIpc) is 2.56. The van der Waals surface area contributed by atoms with E-state index in [9.17, 15) is 13.2 Å². The third-order valence-corrected chi connectivity index (χ3v) is 4.31. The van der Waals surface area contributed by atoms with Gasteiger partial charge in [-0.1, -0.05) is 12.1 Å². The van der Waals surface area contributed by atoms with Crippen molar-refractivity contribution >= 4 is 0 Å². The summed E-state index contributed by atoms with van der Waals surface area (Å²) in [6.45, 7) is 3.78. The van der Waals surface area contributed by atoms with E-state index in [-0.39, 0.29) is 6.10 Å². The monoisotopic (exact) mass is 351 g/mol. The molecule has 4 nitrogen and oxygen atoms in total. The molecule has 0 unspecified atom stereocenters. The number of likely N-dealkylation sites (N-methyl/N-ethyl adjacent to an activating group) is 1. The Morgan fingerprint density at radius 3 is 2.48 bits per heavy atom. The molecule has 0 saturated carbocycles. The molecule has 0 spiro atoms. The van der Waals surface area contributed by atoms with E-state index in [1.165, 1.54) is 12.1 Å².